The van der Waals surface area contributed by atoms with Crippen LogP contribution in [-0.4, -0.2) is 30.1 Å². The van der Waals surface area contributed by atoms with Crippen LogP contribution in [0.15, 0.2) is 66.7 Å². The minimum Gasteiger partial charge on any atom is -0.508 e. The first-order chi connectivity index (χ1) is 18.4. The third kappa shape index (κ3) is 5.53. The summed E-state index contributed by atoms with van der Waals surface area (Å²) in [6, 6.07) is 15.8. The van der Waals surface area contributed by atoms with Crippen LogP contribution in [0.1, 0.15) is 48.0 Å². The fourth-order valence-corrected chi connectivity index (χ4v) is 5.05. The standard InChI is InChI=1S/C31H28F3NO3/c32-21-17-27(30(34)28(33)18-21)26-11-7-20-16-23(36)8-12-25(20)29(26)31(37)19-5-9-24(10-6-19)38-15-13-22-4-2-1-3-14-35-22/h5-12,16-18,22,35-36H,1-4,13-15H2. The average molecular weight is 520 g/mol. The Morgan fingerprint density at radius 2 is 1.74 bits per heavy atom. The number of hydrogen-bond acceptors (Lipinski definition) is 4. The van der Waals surface area contributed by atoms with E-state index in [2.05, 4.69) is 5.32 Å². The van der Waals surface area contributed by atoms with Crippen LogP contribution in [0.3, 0.4) is 0 Å². The number of ketones is 1. The molecular weight excluding hydrogens is 491 g/mol. The summed E-state index contributed by atoms with van der Waals surface area (Å²) >= 11 is 0. The monoisotopic (exact) mass is 519 g/mol. The van der Waals surface area contributed by atoms with Gasteiger partial charge in [0.1, 0.15) is 17.3 Å². The summed E-state index contributed by atoms with van der Waals surface area (Å²) in [6.45, 7) is 1.58. The molecule has 0 spiro atoms. The first-order valence-electron chi connectivity index (χ1n) is 12.8. The van der Waals surface area contributed by atoms with Crippen molar-refractivity contribution >= 4 is 16.6 Å². The summed E-state index contributed by atoms with van der Waals surface area (Å²) in [6.07, 6.45) is 5.70. The molecule has 0 radical (unpaired) electrons. The van der Waals surface area contributed by atoms with Gasteiger partial charge < -0.3 is 15.2 Å². The van der Waals surface area contributed by atoms with Crippen molar-refractivity contribution in [2.45, 2.75) is 38.1 Å². The Balaban J connectivity index is 1.45. The Labute approximate surface area is 219 Å². The molecule has 1 aliphatic rings. The number of halogens is 3. The van der Waals surface area contributed by atoms with Gasteiger partial charge in [0.05, 0.1) is 6.61 Å². The molecule has 196 valence electrons. The molecule has 2 N–H and O–H groups in total. The van der Waals surface area contributed by atoms with Crippen LogP contribution >= 0.6 is 0 Å². The number of rotatable bonds is 7. The Bertz CT molecular complexity index is 1460. The number of fused-ring (bicyclic) bond motifs is 1. The zero-order chi connectivity index (χ0) is 26.6. The molecular formula is C31H28F3NO3. The van der Waals surface area contributed by atoms with Gasteiger partial charge in [-0.3, -0.25) is 4.79 Å². The number of carbonyl (C=O) groups excluding carboxylic acids is 1. The van der Waals surface area contributed by atoms with E-state index >= 15 is 0 Å². The Morgan fingerprint density at radius 3 is 2.55 bits per heavy atom. The lowest BCUT2D eigenvalue weighted by atomic mass is 9.89. The second-order valence-corrected chi connectivity index (χ2v) is 9.63. The summed E-state index contributed by atoms with van der Waals surface area (Å²) in [5.74, 6) is -3.38. The molecule has 1 atom stereocenters. The van der Waals surface area contributed by atoms with Crippen molar-refractivity contribution in [3.63, 3.8) is 0 Å². The molecule has 1 heterocycles. The van der Waals surface area contributed by atoms with E-state index in [0.717, 1.165) is 25.5 Å². The summed E-state index contributed by atoms with van der Waals surface area (Å²) in [5.41, 5.74) is 0.0922. The van der Waals surface area contributed by atoms with Crippen LogP contribution < -0.4 is 10.1 Å². The topological polar surface area (TPSA) is 58.6 Å². The Hall–Kier alpha value is -3.84. The van der Waals surface area contributed by atoms with Crippen LogP contribution in [0.5, 0.6) is 11.5 Å². The highest BCUT2D eigenvalue weighted by Crippen LogP contribution is 2.36. The van der Waals surface area contributed by atoms with Crippen LogP contribution in [-0.2, 0) is 0 Å². The largest absolute Gasteiger partial charge is 0.508 e. The van der Waals surface area contributed by atoms with Gasteiger partial charge in [-0.15, -0.1) is 0 Å². The number of phenolic OH excluding ortho intramolecular Hbond substituents is 1. The van der Waals surface area contributed by atoms with Crippen LogP contribution in [0.25, 0.3) is 21.9 Å². The van der Waals surface area contributed by atoms with Gasteiger partial charge in [-0.05, 0) is 90.7 Å². The highest BCUT2D eigenvalue weighted by atomic mass is 19.2. The van der Waals surface area contributed by atoms with Crippen LogP contribution in [0, 0.1) is 17.5 Å². The van der Waals surface area contributed by atoms with Crippen LogP contribution in [0.2, 0.25) is 0 Å². The molecule has 1 aliphatic heterocycles. The van der Waals surface area contributed by atoms with Gasteiger partial charge in [-0.25, -0.2) is 13.2 Å². The predicted octanol–water partition coefficient (Wildman–Crippen LogP) is 7.16. The van der Waals surface area contributed by atoms with E-state index in [-0.39, 0.29) is 22.4 Å². The number of phenols is 1. The molecule has 1 fully saturated rings. The normalized spacial score (nSPS) is 15.8. The van der Waals surface area contributed by atoms with Gasteiger partial charge >= 0.3 is 0 Å². The first kappa shape index (κ1) is 25.8. The Morgan fingerprint density at radius 1 is 0.921 bits per heavy atom. The van der Waals surface area contributed by atoms with Gasteiger partial charge in [0, 0.05) is 28.8 Å². The second kappa shape index (κ2) is 11.3. The Kier molecular flexibility index (Phi) is 7.65. The molecule has 0 bridgehead atoms. The van der Waals surface area contributed by atoms with E-state index < -0.39 is 23.2 Å². The number of aromatic hydroxyl groups is 1. The third-order valence-electron chi connectivity index (χ3n) is 7.03. The third-order valence-corrected chi connectivity index (χ3v) is 7.03. The SMILES string of the molecule is O=C(c1ccc(OCCC2CCCCCN2)cc1)c1c(-c2cc(F)cc(F)c2F)ccc2cc(O)ccc12. The zero-order valence-electron chi connectivity index (χ0n) is 20.8. The van der Waals surface area contributed by atoms with Gasteiger partial charge in [0.15, 0.2) is 17.4 Å². The highest BCUT2D eigenvalue weighted by Gasteiger charge is 2.23. The summed E-state index contributed by atoms with van der Waals surface area (Å²) < 4.78 is 48.8. The summed E-state index contributed by atoms with van der Waals surface area (Å²) in [7, 11) is 0. The van der Waals surface area contributed by atoms with Crippen molar-refractivity contribution in [3.8, 4) is 22.6 Å². The fourth-order valence-electron chi connectivity index (χ4n) is 5.05. The molecule has 5 rings (SSSR count). The number of nitrogens with one attached hydrogen (secondary N) is 1. The zero-order valence-corrected chi connectivity index (χ0v) is 20.8. The predicted molar refractivity (Wildman–Crippen MR) is 141 cm³/mol. The maximum Gasteiger partial charge on any atom is 0.194 e. The van der Waals surface area contributed by atoms with Gasteiger partial charge in [0.25, 0.3) is 0 Å². The van der Waals surface area contributed by atoms with Crippen molar-refractivity contribution in [1.82, 2.24) is 5.32 Å². The molecule has 1 unspecified atom stereocenters. The molecule has 4 nitrogen and oxygen atoms in total. The van der Waals surface area contributed by atoms with E-state index in [0.29, 0.717) is 40.8 Å². The second-order valence-electron chi connectivity index (χ2n) is 9.63. The van der Waals surface area contributed by atoms with Crippen molar-refractivity contribution < 1.29 is 27.8 Å². The minimum atomic E-state index is -1.34. The minimum absolute atomic E-state index is 0.00724. The molecule has 4 aromatic rings. The van der Waals surface area contributed by atoms with Gasteiger partial charge in [-0.1, -0.05) is 25.0 Å². The summed E-state index contributed by atoms with van der Waals surface area (Å²) in [5, 5.41) is 14.4. The van der Waals surface area contributed by atoms with Gasteiger partial charge in [0.2, 0.25) is 0 Å². The summed E-state index contributed by atoms with van der Waals surface area (Å²) in [4.78, 5) is 13.8. The molecule has 38 heavy (non-hydrogen) atoms. The smallest absolute Gasteiger partial charge is 0.194 e. The molecule has 0 amide bonds. The average Bonchev–Trinajstić information content (AvgIpc) is 3.19. The first-order valence-corrected chi connectivity index (χ1v) is 12.8. The lowest BCUT2D eigenvalue weighted by molar-refractivity contribution is 0.104. The lowest BCUT2D eigenvalue weighted by Crippen LogP contribution is -2.29. The number of ether oxygens (including phenoxy) is 1. The molecule has 7 heteroatoms. The quantitative estimate of drug-likeness (QED) is 0.201. The van der Waals surface area contributed by atoms with E-state index in [9.17, 15) is 23.1 Å². The maximum absolute atomic E-state index is 14.8. The van der Waals surface area contributed by atoms with Gasteiger partial charge in [-0.2, -0.15) is 0 Å². The van der Waals surface area contributed by atoms with E-state index in [1.165, 1.54) is 43.5 Å². The number of benzene rings is 4. The molecule has 1 saturated heterocycles. The van der Waals surface area contributed by atoms with E-state index in [1.54, 1.807) is 30.3 Å². The van der Waals surface area contributed by atoms with Crippen molar-refractivity contribution in [2.24, 2.45) is 0 Å². The van der Waals surface area contributed by atoms with Crippen molar-refractivity contribution in [2.75, 3.05) is 13.2 Å². The molecule has 4 aromatic carbocycles. The molecule has 0 saturated carbocycles. The van der Waals surface area contributed by atoms with E-state index in [1.807, 2.05) is 0 Å². The highest BCUT2D eigenvalue weighted by molar-refractivity contribution is 6.20. The van der Waals surface area contributed by atoms with Crippen molar-refractivity contribution in [3.05, 3.63) is 95.3 Å². The van der Waals surface area contributed by atoms with E-state index in [4.69, 9.17) is 4.74 Å². The van der Waals surface area contributed by atoms with Crippen LogP contribution in [0.4, 0.5) is 13.2 Å². The molecule has 0 aliphatic carbocycles. The molecule has 0 aromatic heterocycles. The maximum atomic E-state index is 14.8. The number of hydrogen-bond donors (Lipinski definition) is 2. The lowest BCUT2D eigenvalue weighted by Gasteiger charge is -2.16. The fraction of sp³-hybridized carbons (Fsp3) is 0.258. The number of carbonyl (C=O) groups is 1. The van der Waals surface area contributed by atoms with Crippen molar-refractivity contribution in [1.29, 1.82) is 0 Å².